The van der Waals surface area contributed by atoms with Crippen molar-refractivity contribution in [3.63, 3.8) is 0 Å². The van der Waals surface area contributed by atoms with E-state index < -0.39 is 5.82 Å². The Kier molecular flexibility index (Phi) is 5.02. The average molecular weight is 438 g/mol. The average Bonchev–Trinajstić information content (AvgIpc) is 3.10. The highest BCUT2D eigenvalue weighted by Crippen LogP contribution is 2.60. The molecule has 3 aliphatic carbocycles. The highest BCUT2D eigenvalue weighted by Gasteiger charge is 2.69. The smallest absolute Gasteiger partial charge is 0.263 e. The molecule has 1 aromatic carbocycles. The summed E-state index contributed by atoms with van der Waals surface area (Å²) >= 11 is 6.98. The molecule has 0 saturated heterocycles. The number of benzene rings is 1. The van der Waals surface area contributed by atoms with Gasteiger partial charge in [-0.25, -0.2) is 9.37 Å². The fourth-order valence-corrected chi connectivity index (χ4v) is 5.19. The lowest BCUT2D eigenvalue weighted by Crippen LogP contribution is -2.84. The predicted octanol–water partition coefficient (Wildman–Crippen LogP) is 3.66. The zero-order valence-corrected chi connectivity index (χ0v) is 17.6. The van der Waals surface area contributed by atoms with Gasteiger partial charge < -0.3 is 15.4 Å². The highest BCUT2D eigenvalue weighted by atomic mass is 35.5. The van der Waals surface area contributed by atoms with Crippen LogP contribution >= 0.6 is 22.9 Å². The van der Waals surface area contributed by atoms with Gasteiger partial charge in [0.15, 0.2) is 6.61 Å². The van der Waals surface area contributed by atoms with Crippen LogP contribution < -0.4 is 15.4 Å². The van der Waals surface area contributed by atoms with Crippen LogP contribution in [0.4, 0.5) is 4.39 Å². The van der Waals surface area contributed by atoms with E-state index in [1.165, 1.54) is 23.5 Å². The second kappa shape index (κ2) is 7.25. The van der Waals surface area contributed by atoms with Gasteiger partial charge in [0.1, 0.15) is 16.4 Å². The van der Waals surface area contributed by atoms with E-state index >= 15 is 0 Å². The Labute approximate surface area is 176 Å². The normalized spacial score (nSPS) is 24.4. The molecule has 0 radical (unpaired) electrons. The lowest BCUT2D eigenvalue weighted by atomic mass is 9.44. The maximum absolute atomic E-state index is 13.4. The van der Waals surface area contributed by atoms with Crippen LogP contribution in [0.15, 0.2) is 23.7 Å². The van der Waals surface area contributed by atoms with Gasteiger partial charge in [-0.15, -0.1) is 11.3 Å². The molecule has 1 aromatic heterocycles. The van der Waals surface area contributed by atoms with Gasteiger partial charge in [-0.1, -0.05) is 25.4 Å². The summed E-state index contributed by atoms with van der Waals surface area (Å²) in [5.74, 6) is -0.527. The van der Waals surface area contributed by atoms with Crippen molar-refractivity contribution in [3.05, 3.63) is 45.1 Å². The highest BCUT2D eigenvalue weighted by molar-refractivity contribution is 7.11. The third-order valence-corrected chi connectivity index (χ3v) is 6.57. The summed E-state index contributed by atoms with van der Waals surface area (Å²) < 4.78 is 18.7. The van der Waals surface area contributed by atoms with Crippen molar-refractivity contribution in [2.45, 2.75) is 50.1 Å². The summed E-state index contributed by atoms with van der Waals surface area (Å²) in [5, 5.41) is 6.09. The fraction of sp³-hybridized carbons (Fsp3) is 0.450. The Morgan fingerprint density at radius 2 is 1.97 bits per heavy atom. The van der Waals surface area contributed by atoms with E-state index in [2.05, 4.69) is 15.6 Å². The Morgan fingerprint density at radius 1 is 1.28 bits per heavy atom. The van der Waals surface area contributed by atoms with Crippen LogP contribution in [0.5, 0.6) is 5.75 Å². The second-order valence-corrected chi connectivity index (χ2v) is 9.44. The first-order chi connectivity index (χ1) is 13.7. The summed E-state index contributed by atoms with van der Waals surface area (Å²) in [6.07, 6.45) is 2.09. The minimum Gasteiger partial charge on any atom is -0.484 e. The first kappa shape index (κ1) is 20.1. The van der Waals surface area contributed by atoms with Crippen LogP contribution in [0.2, 0.25) is 5.02 Å². The van der Waals surface area contributed by atoms with Gasteiger partial charge in [-0.3, -0.25) is 9.59 Å². The van der Waals surface area contributed by atoms with Crippen LogP contribution in [0.25, 0.3) is 0 Å². The zero-order valence-electron chi connectivity index (χ0n) is 16.1. The number of thiazole rings is 1. The third kappa shape index (κ3) is 3.83. The van der Waals surface area contributed by atoms with Crippen LogP contribution in [0.1, 0.15) is 54.4 Å². The van der Waals surface area contributed by atoms with E-state index in [0.717, 1.165) is 11.8 Å². The van der Waals surface area contributed by atoms with E-state index in [-0.39, 0.29) is 46.2 Å². The number of nitrogens with one attached hydrogen (secondary N) is 2. The van der Waals surface area contributed by atoms with E-state index in [1.54, 1.807) is 5.51 Å². The molecule has 2 bridgehead atoms. The third-order valence-electron chi connectivity index (χ3n) is 5.42. The van der Waals surface area contributed by atoms with Crippen molar-refractivity contribution < 1.29 is 18.7 Å². The van der Waals surface area contributed by atoms with E-state index in [4.69, 9.17) is 16.3 Å². The van der Waals surface area contributed by atoms with Gasteiger partial charge in [0.05, 0.1) is 16.2 Å². The van der Waals surface area contributed by atoms with Crippen LogP contribution in [-0.4, -0.2) is 34.5 Å². The number of carbonyl (C=O) groups is 2. The molecule has 2 aromatic rings. The first-order valence-corrected chi connectivity index (χ1v) is 10.6. The molecule has 1 heterocycles. The Bertz CT molecular complexity index is 958. The first-order valence-electron chi connectivity index (χ1n) is 9.36. The molecule has 0 spiro atoms. The maximum Gasteiger partial charge on any atom is 0.263 e. The SMILES string of the molecule is CC(C)c1ncsc1C(=O)NC12CC(NC(=O)COc3ccc(Cl)c(F)c3)(C1)C2. The minimum atomic E-state index is -0.594. The number of ether oxygens (including phenoxy) is 1. The molecule has 3 fully saturated rings. The fourth-order valence-electron chi connectivity index (χ4n) is 4.23. The Morgan fingerprint density at radius 3 is 2.62 bits per heavy atom. The molecule has 29 heavy (non-hydrogen) atoms. The number of halogens is 2. The second-order valence-electron chi connectivity index (χ2n) is 8.18. The monoisotopic (exact) mass is 437 g/mol. The van der Waals surface area contributed by atoms with E-state index in [1.807, 2.05) is 13.8 Å². The molecule has 0 unspecified atom stereocenters. The van der Waals surface area contributed by atoms with Crippen molar-refractivity contribution in [1.82, 2.24) is 15.6 Å². The topological polar surface area (TPSA) is 80.3 Å². The van der Waals surface area contributed by atoms with Gasteiger partial charge in [-0.05, 0) is 37.3 Å². The molecule has 0 aliphatic heterocycles. The van der Waals surface area contributed by atoms with Crippen molar-refractivity contribution in [3.8, 4) is 5.75 Å². The molecular formula is C20H21ClFN3O3S. The van der Waals surface area contributed by atoms with Crippen molar-refractivity contribution in [2.75, 3.05) is 6.61 Å². The summed E-state index contributed by atoms with van der Waals surface area (Å²) in [7, 11) is 0. The molecule has 2 N–H and O–H groups in total. The van der Waals surface area contributed by atoms with E-state index in [0.29, 0.717) is 24.1 Å². The number of amides is 2. The van der Waals surface area contributed by atoms with Gasteiger partial charge in [0.25, 0.3) is 11.8 Å². The van der Waals surface area contributed by atoms with E-state index in [9.17, 15) is 14.0 Å². The minimum absolute atomic E-state index is 0.00172. The summed E-state index contributed by atoms with van der Waals surface area (Å²) in [6, 6.07) is 4.03. The standard InChI is InChI=1S/C20H21ClFN3O3S/c1-11(2)16-17(29-10-23-16)18(27)25-20-7-19(8-20,9-20)24-15(26)6-28-12-3-4-13(21)14(22)5-12/h3-5,10-11H,6-9H2,1-2H3,(H,24,26)(H,25,27). The molecule has 3 saturated carbocycles. The Balaban J connectivity index is 1.25. The summed E-state index contributed by atoms with van der Waals surface area (Å²) in [4.78, 5) is 29.7. The molecule has 0 atom stereocenters. The van der Waals surface area contributed by atoms with Crippen molar-refractivity contribution in [2.24, 2.45) is 0 Å². The molecular weight excluding hydrogens is 417 g/mol. The van der Waals surface area contributed by atoms with Gasteiger partial charge >= 0.3 is 0 Å². The number of rotatable bonds is 7. The lowest BCUT2D eigenvalue weighted by Gasteiger charge is -2.70. The number of hydrogen-bond acceptors (Lipinski definition) is 5. The lowest BCUT2D eigenvalue weighted by molar-refractivity contribution is -0.141. The molecule has 2 amide bonds. The largest absolute Gasteiger partial charge is 0.484 e. The number of nitrogens with zero attached hydrogens (tertiary/aromatic N) is 1. The summed E-state index contributed by atoms with van der Waals surface area (Å²) in [6.45, 7) is 3.82. The predicted molar refractivity (Wildman–Crippen MR) is 108 cm³/mol. The Hall–Kier alpha value is -2.19. The molecule has 9 heteroatoms. The molecule has 3 aliphatic rings. The zero-order chi connectivity index (χ0) is 20.8. The van der Waals surface area contributed by atoms with Crippen LogP contribution in [-0.2, 0) is 4.79 Å². The van der Waals surface area contributed by atoms with Crippen molar-refractivity contribution in [1.29, 1.82) is 0 Å². The van der Waals surface area contributed by atoms with Crippen LogP contribution in [0, 0.1) is 5.82 Å². The molecule has 154 valence electrons. The van der Waals surface area contributed by atoms with Gasteiger partial charge in [0, 0.05) is 17.1 Å². The quantitative estimate of drug-likeness (QED) is 0.692. The molecule has 5 rings (SSSR count). The van der Waals surface area contributed by atoms with Gasteiger partial charge in [-0.2, -0.15) is 0 Å². The van der Waals surface area contributed by atoms with Crippen molar-refractivity contribution >= 4 is 34.8 Å². The molecule has 6 nitrogen and oxygen atoms in total. The summed E-state index contributed by atoms with van der Waals surface area (Å²) in [5.41, 5.74) is 1.98. The van der Waals surface area contributed by atoms with Crippen LogP contribution in [0.3, 0.4) is 0 Å². The number of carbonyl (C=O) groups excluding carboxylic acids is 2. The maximum atomic E-state index is 13.4. The van der Waals surface area contributed by atoms with Gasteiger partial charge in [0.2, 0.25) is 0 Å². The number of aromatic nitrogens is 1. The number of hydrogen-bond donors (Lipinski definition) is 2.